The van der Waals surface area contributed by atoms with Gasteiger partial charge >= 0.3 is 6.01 Å². The van der Waals surface area contributed by atoms with Gasteiger partial charge in [-0.2, -0.15) is 9.97 Å². The second-order valence-corrected chi connectivity index (χ2v) is 12.7. The van der Waals surface area contributed by atoms with Crippen molar-refractivity contribution >= 4 is 22.6 Å². The number of aromatic nitrogens is 2. The zero-order valence-electron chi connectivity index (χ0n) is 24.9. The van der Waals surface area contributed by atoms with E-state index in [9.17, 15) is 4.79 Å². The van der Waals surface area contributed by atoms with E-state index in [1.165, 1.54) is 12.1 Å². The van der Waals surface area contributed by atoms with Gasteiger partial charge in [0.25, 0.3) is 0 Å². The van der Waals surface area contributed by atoms with Crippen LogP contribution in [0.15, 0.2) is 36.9 Å². The quantitative estimate of drug-likeness (QED) is 0.346. The van der Waals surface area contributed by atoms with Crippen molar-refractivity contribution in [1.29, 1.82) is 0 Å². The van der Waals surface area contributed by atoms with Crippen molar-refractivity contribution in [1.82, 2.24) is 19.8 Å². The average Bonchev–Trinajstić information content (AvgIpc) is 3.60. The summed E-state index contributed by atoms with van der Waals surface area (Å²) >= 11 is 0. The van der Waals surface area contributed by atoms with Crippen LogP contribution >= 0.6 is 0 Å². The lowest BCUT2D eigenvalue weighted by Gasteiger charge is -2.40. The number of ether oxygens (including phenoxy) is 1. The van der Waals surface area contributed by atoms with Gasteiger partial charge in [-0.05, 0) is 100 Å². The molecule has 1 aromatic heterocycles. The molecule has 3 aliphatic heterocycles. The van der Waals surface area contributed by atoms with Gasteiger partial charge in [-0.1, -0.05) is 24.8 Å². The Bertz CT molecular complexity index is 1580. The van der Waals surface area contributed by atoms with Crippen molar-refractivity contribution in [3.63, 3.8) is 0 Å². The Hall–Kier alpha value is -3.59. The Labute approximate surface area is 251 Å². The largest absolute Gasteiger partial charge is 0.461 e. The van der Waals surface area contributed by atoms with Crippen LogP contribution in [0.5, 0.6) is 6.01 Å². The van der Waals surface area contributed by atoms with E-state index >= 15 is 8.78 Å². The van der Waals surface area contributed by atoms with E-state index in [0.717, 1.165) is 75.6 Å². The smallest absolute Gasteiger partial charge is 0.319 e. The molecule has 7 nitrogen and oxygen atoms in total. The molecule has 9 heteroatoms. The number of piperazine rings is 1. The SMILES string of the molecule is C=CC(=O)N1CCN(c2nc(OCC34CCCN3CCC4)nc3c(F)c(-c4cccc5c4CCCC5)c(F)cc23)[C@@H](C)C1. The number of hydrogen-bond acceptors (Lipinski definition) is 6. The summed E-state index contributed by atoms with van der Waals surface area (Å²) in [5, 5.41) is 0.313. The summed E-state index contributed by atoms with van der Waals surface area (Å²) in [5.41, 5.74) is 2.79. The van der Waals surface area contributed by atoms with Gasteiger partial charge in [0.05, 0.1) is 11.1 Å². The molecular weight excluding hydrogens is 548 g/mol. The molecule has 7 rings (SSSR count). The van der Waals surface area contributed by atoms with E-state index in [-0.39, 0.29) is 34.6 Å². The summed E-state index contributed by atoms with van der Waals surface area (Å²) in [6, 6.07) is 7.13. The highest BCUT2D eigenvalue weighted by molar-refractivity contribution is 5.94. The van der Waals surface area contributed by atoms with Gasteiger partial charge in [-0.15, -0.1) is 0 Å². The van der Waals surface area contributed by atoms with Crippen LogP contribution < -0.4 is 9.64 Å². The third kappa shape index (κ3) is 4.86. The number of anilines is 1. The van der Waals surface area contributed by atoms with E-state index in [1.807, 2.05) is 24.0 Å². The van der Waals surface area contributed by atoms with Crippen LogP contribution in [0.25, 0.3) is 22.0 Å². The number of rotatable bonds is 6. The molecule has 4 heterocycles. The second kappa shape index (κ2) is 11.2. The predicted molar refractivity (Wildman–Crippen MR) is 163 cm³/mol. The molecule has 0 unspecified atom stereocenters. The Kier molecular flexibility index (Phi) is 7.32. The lowest BCUT2D eigenvalue weighted by atomic mass is 9.85. The molecule has 3 aromatic rings. The average molecular weight is 588 g/mol. The van der Waals surface area contributed by atoms with Gasteiger partial charge in [-0.25, -0.2) is 8.78 Å². The number of fused-ring (bicyclic) bond motifs is 3. The molecule has 43 heavy (non-hydrogen) atoms. The Morgan fingerprint density at radius 1 is 1.09 bits per heavy atom. The van der Waals surface area contributed by atoms with E-state index in [0.29, 0.717) is 43.0 Å². The molecule has 1 aliphatic carbocycles. The van der Waals surface area contributed by atoms with Gasteiger partial charge in [-0.3, -0.25) is 9.69 Å². The molecule has 3 saturated heterocycles. The van der Waals surface area contributed by atoms with Crippen LogP contribution in [0.1, 0.15) is 56.6 Å². The van der Waals surface area contributed by atoms with E-state index in [4.69, 9.17) is 9.72 Å². The van der Waals surface area contributed by atoms with Crippen LogP contribution in [-0.2, 0) is 17.6 Å². The monoisotopic (exact) mass is 587 g/mol. The van der Waals surface area contributed by atoms with Crippen molar-refractivity contribution in [3.05, 3.63) is 59.7 Å². The zero-order chi connectivity index (χ0) is 29.7. The number of benzene rings is 2. The highest BCUT2D eigenvalue weighted by Gasteiger charge is 2.45. The standard InChI is InChI=1S/C34H39F2N5O2/c1-3-28(42)39-17-18-41(22(2)20-39)32-26-19-27(35)29(25-12-6-10-23-9-4-5-11-24(23)25)30(36)31(26)37-33(38-32)43-21-34-13-7-15-40(34)16-8-14-34/h3,6,10,12,19,22H,1,4-5,7-9,11,13-18,20-21H2,2H3/t22-/m0/s1. The highest BCUT2D eigenvalue weighted by Crippen LogP contribution is 2.41. The summed E-state index contributed by atoms with van der Waals surface area (Å²) < 4.78 is 39.1. The molecule has 4 aliphatic rings. The first kappa shape index (κ1) is 28.2. The number of nitrogens with zero attached hydrogens (tertiary/aromatic N) is 5. The summed E-state index contributed by atoms with van der Waals surface area (Å²) in [6.07, 6.45) is 9.52. The van der Waals surface area contributed by atoms with Crippen molar-refractivity contribution in [3.8, 4) is 17.1 Å². The Morgan fingerprint density at radius 2 is 1.88 bits per heavy atom. The third-order valence-corrected chi connectivity index (χ3v) is 10.2. The van der Waals surface area contributed by atoms with Gasteiger partial charge in [0.1, 0.15) is 23.8 Å². The van der Waals surface area contributed by atoms with Crippen molar-refractivity contribution in [2.45, 2.75) is 69.9 Å². The molecule has 0 radical (unpaired) electrons. The molecule has 3 fully saturated rings. The molecule has 0 N–H and O–H groups in total. The van der Waals surface area contributed by atoms with E-state index < -0.39 is 11.6 Å². The van der Waals surface area contributed by atoms with Gasteiger partial charge < -0.3 is 14.5 Å². The molecule has 0 bridgehead atoms. The normalized spacial score (nSPS) is 21.6. The summed E-state index contributed by atoms with van der Waals surface area (Å²) in [7, 11) is 0. The van der Waals surface area contributed by atoms with Gasteiger partial charge in [0.15, 0.2) is 5.82 Å². The molecule has 0 spiro atoms. The molecule has 1 atom stereocenters. The fraction of sp³-hybridized carbons (Fsp3) is 0.500. The number of hydrogen-bond donors (Lipinski definition) is 0. The molecule has 0 saturated carbocycles. The van der Waals surface area contributed by atoms with Crippen LogP contribution in [-0.4, -0.2) is 76.6 Å². The van der Waals surface area contributed by atoms with Crippen LogP contribution in [0, 0.1) is 11.6 Å². The molecule has 1 amide bonds. The Balaban J connectivity index is 1.33. The van der Waals surface area contributed by atoms with Gasteiger partial charge in [0, 0.05) is 31.1 Å². The minimum Gasteiger partial charge on any atom is -0.461 e. The molecular formula is C34H39F2N5O2. The first-order chi connectivity index (χ1) is 20.9. The maximum atomic E-state index is 16.7. The molecule has 2 aromatic carbocycles. The minimum atomic E-state index is -0.683. The zero-order valence-corrected chi connectivity index (χ0v) is 24.9. The van der Waals surface area contributed by atoms with Crippen LogP contribution in [0.4, 0.5) is 14.6 Å². The fourth-order valence-corrected chi connectivity index (χ4v) is 7.97. The third-order valence-electron chi connectivity index (χ3n) is 10.2. The van der Waals surface area contributed by atoms with Crippen molar-refractivity contribution in [2.75, 3.05) is 44.2 Å². The first-order valence-electron chi connectivity index (χ1n) is 15.8. The highest BCUT2D eigenvalue weighted by atomic mass is 19.1. The lowest BCUT2D eigenvalue weighted by Crippen LogP contribution is -2.53. The number of halogens is 2. The summed E-state index contributed by atoms with van der Waals surface area (Å²) in [6.45, 7) is 9.54. The maximum absolute atomic E-state index is 16.7. The maximum Gasteiger partial charge on any atom is 0.319 e. The van der Waals surface area contributed by atoms with Crippen molar-refractivity contribution in [2.24, 2.45) is 0 Å². The van der Waals surface area contributed by atoms with E-state index in [2.05, 4.69) is 22.5 Å². The topological polar surface area (TPSA) is 61.8 Å². The number of aryl methyl sites for hydroxylation is 1. The number of carbonyl (C=O) groups is 1. The number of carbonyl (C=O) groups excluding carboxylic acids is 1. The lowest BCUT2D eigenvalue weighted by molar-refractivity contribution is -0.126. The summed E-state index contributed by atoms with van der Waals surface area (Å²) in [4.78, 5) is 28.0. The minimum absolute atomic E-state index is 0.0297. The Morgan fingerprint density at radius 3 is 2.65 bits per heavy atom. The summed E-state index contributed by atoms with van der Waals surface area (Å²) in [5.74, 6) is -1.00. The fourth-order valence-electron chi connectivity index (χ4n) is 7.97. The van der Waals surface area contributed by atoms with Gasteiger partial charge in [0.2, 0.25) is 5.91 Å². The van der Waals surface area contributed by atoms with Crippen LogP contribution in [0.2, 0.25) is 0 Å². The second-order valence-electron chi connectivity index (χ2n) is 12.7. The number of amides is 1. The predicted octanol–water partition coefficient (Wildman–Crippen LogP) is 5.68. The van der Waals surface area contributed by atoms with Crippen LogP contribution in [0.3, 0.4) is 0 Å². The molecule has 226 valence electrons. The first-order valence-corrected chi connectivity index (χ1v) is 15.8. The van der Waals surface area contributed by atoms with Crippen molar-refractivity contribution < 1.29 is 18.3 Å². The van der Waals surface area contributed by atoms with E-state index in [1.54, 1.807) is 4.90 Å².